The number of ether oxygens (including phenoxy) is 1. The number of hydrogen-bond acceptors (Lipinski definition) is 3. The van der Waals surface area contributed by atoms with Crippen LogP contribution in [0.1, 0.15) is 24.8 Å². The first-order valence-corrected chi connectivity index (χ1v) is 5.34. The molecule has 5 heteroatoms. The van der Waals surface area contributed by atoms with Crippen LogP contribution in [-0.2, 0) is 4.74 Å². The van der Waals surface area contributed by atoms with Gasteiger partial charge in [0.2, 0.25) is 0 Å². The van der Waals surface area contributed by atoms with Gasteiger partial charge in [0.25, 0.3) is 0 Å². The van der Waals surface area contributed by atoms with Crippen LogP contribution in [0, 0.1) is 0 Å². The molecule has 2 aromatic rings. The Morgan fingerprint density at radius 3 is 3.20 bits per heavy atom. The maximum atomic E-state index is 5.94. The summed E-state index contributed by atoms with van der Waals surface area (Å²) in [6, 6.07) is 1.87. The van der Waals surface area contributed by atoms with Gasteiger partial charge in [-0.25, -0.2) is 9.97 Å². The summed E-state index contributed by atoms with van der Waals surface area (Å²) in [5.74, 6) is 0.859. The molecular weight excluding hydrogens is 214 g/mol. The van der Waals surface area contributed by atoms with Gasteiger partial charge in [0.15, 0.2) is 5.15 Å². The summed E-state index contributed by atoms with van der Waals surface area (Å²) in [6.45, 7) is 0.813. The maximum absolute atomic E-state index is 5.94. The summed E-state index contributed by atoms with van der Waals surface area (Å²) < 4.78 is 5.55. The van der Waals surface area contributed by atoms with E-state index < -0.39 is 0 Å². The molecule has 0 spiro atoms. The highest BCUT2D eigenvalue weighted by molar-refractivity contribution is 6.33. The fraction of sp³-hybridized carbons (Fsp3) is 0.400. The van der Waals surface area contributed by atoms with Crippen LogP contribution in [0.3, 0.4) is 0 Å². The number of fused-ring (bicyclic) bond motifs is 1. The molecule has 0 saturated carbocycles. The Morgan fingerprint density at radius 2 is 2.47 bits per heavy atom. The molecule has 1 unspecified atom stereocenters. The van der Waals surface area contributed by atoms with E-state index in [2.05, 4.69) is 15.0 Å². The average molecular weight is 224 g/mol. The van der Waals surface area contributed by atoms with Gasteiger partial charge >= 0.3 is 0 Å². The third-order valence-corrected chi connectivity index (χ3v) is 2.89. The van der Waals surface area contributed by atoms with E-state index >= 15 is 0 Å². The molecule has 1 saturated heterocycles. The quantitative estimate of drug-likeness (QED) is 0.756. The van der Waals surface area contributed by atoms with Crippen molar-refractivity contribution in [1.29, 1.82) is 0 Å². The first-order valence-electron chi connectivity index (χ1n) is 4.96. The Hall–Kier alpha value is -1.13. The van der Waals surface area contributed by atoms with Crippen molar-refractivity contribution in [1.82, 2.24) is 15.0 Å². The Kier molecular flexibility index (Phi) is 2.11. The van der Waals surface area contributed by atoms with Crippen LogP contribution < -0.4 is 0 Å². The molecular formula is C10H10ClN3O. The first kappa shape index (κ1) is 9.12. The number of halogens is 1. The largest absolute Gasteiger partial charge is 0.370 e. The van der Waals surface area contributed by atoms with Gasteiger partial charge in [0, 0.05) is 12.8 Å². The smallest absolute Gasteiger partial charge is 0.156 e. The summed E-state index contributed by atoms with van der Waals surface area (Å²) in [5, 5.41) is 0.438. The fourth-order valence-corrected chi connectivity index (χ4v) is 2.07. The normalized spacial score (nSPS) is 21.3. The standard InChI is InChI=1S/C10H10ClN3O/c11-9-8-6(3-4-12-9)13-10(14-8)7-2-1-5-15-7/h3-4,7H,1-2,5H2,(H,13,14). The zero-order valence-corrected chi connectivity index (χ0v) is 8.79. The topological polar surface area (TPSA) is 50.8 Å². The van der Waals surface area contributed by atoms with Crippen LogP contribution in [0.2, 0.25) is 5.15 Å². The Bertz CT molecular complexity index is 490. The van der Waals surface area contributed by atoms with Crippen molar-refractivity contribution < 1.29 is 4.74 Å². The number of pyridine rings is 1. The molecule has 0 aromatic carbocycles. The van der Waals surface area contributed by atoms with Gasteiger partial charge in [-0.05, 0) is 18.9 Å². The molecule has 3 heterocycles. The zero-order valence-electron chi connectivity index (χ0n) is 8.03. The highest BCUT2D eigenvalue weighted by Crippen LogP contribution is 2.29. The van der Waals surface area contributed by atoms with Crippen LogP contribution in [0.15, 0.2) is 12.3 Å². The van der Waals surface area contributed by atoms with Gasteiger partial charge in [0.1, 0.15) is 17.4 Å². The zero-order chi connectivity index (χ0) is 10.3. The van der Waals surface area contributed by atoms with E-state index in [1.165, 1.54) is 0 Å². The van der Waals surface area contributed by atoms with E-state index in [9.17, 15) is 0 Å². The number of nitrogens with zero attached hydrogens (tertiary/aromatic N) is 2. The molecule has 4 nitrogen and oxygen atoms in total. The van der Waals surface area contributed by atoms with Gasteiger partial charge in [-0.15, -0.1) is 0 Å². The molecule has 1 aliphatic rings. The lowest BCUT2D eigenvalue weighted by atomic mass is 10.2. The molecule has 2 aromatic heterocycles. The van der Waals surface area contributed by atoms with Crippen LogP contribution >= 0.6 is 11.6 Å². The lowest BCUT2D eigenvalue weighted by Gasteiger charge is -2.03. The lowest BCUT2D eigenvalue weighted by molar-refractivity contribution is 0.106. The van der Waals surface area contributed by atoms with Gasteiger partial charge in [-0.2, -0.15) is 0 Å². The van der Waals surface area contributed by atoms with Gasteiger partial charge in [-0.1, -0.05) is 11.6 Å². The molecule has 1 aliphatic heterocycles. The summed E-state index contributed by atoms with van der Waals surface area (Å²) in [4.78, 5) is 11.6. The van der Waals surface area contributed by atoms with E-state index in [0.717, 1.165) is 36.3 Å². The Labute approximate surface area is 91.6 Å². The summed E-state index contributed by atoms with van der Waals surface area (Å²) in [5.41, 5.74) is 1.64. The Morgan fingerprint density at radius 1 is 1.53 bits per heavy atom. The van der Waals surface area contributed by atoms with Gasteiger partial charge in [0.05, 0.1) is 5.52 Å². The van der Waals surface area contributed by atoms with Crippen molar-refractivity contribution in [2.45, 2.75) is 18.9 Å². The fourth-order valence-electron chi connectivity index (χ4n) is 1.87. The molecule has 0 amide bonds. The van der Waals surface area contributed by atoms with Crippen molar-refractivity contribution >= 4 is 22.6 Å². The van der Waals surface area contributed by atoms with Crippen LogP contribution in [0.4, 0.5) is 0 Å². The average Bonchev–Trinajstić information content (AvgIpc) is 2.86. The third kappa shape index (κ3) is 1.50. The molecule has 1 atom stereocenters. The van der Waals surface area contributed by atoms with E-state index in [4.69, 9.17) is 16.3 Å². The molecule has 0 bridgehead atoms. The monoisotopic (exact) mass is 223 g/mol. The van der Waals surface area contributed by atoms with Crippen molar-refractivity contribution in [3.8, 4) is 0 Å². The van der Waals surface area contributed by atoms with Gasteiger partial charge in [-0.3, -0.25) is 0 Å². The number of imidazole rings is 1. The second kappa shape index (κ2) is 3.47. The van der Waals surface area contributed by atoms with E-state index in [-0.39, 0.29) is 6.10 Å². The number of aromatic amines is 1. The molecule has 0 radical (unpaired) electrons. The second-order valence-electron chi connectivity index (χ2n) is 3.62. The minimum absolute atomic E-state index is 0.0912. The second-order valence-corrected chi connectivity index (χ2v) is 3.98. The molecule has 0 aliphatic carbocycles. The van der Waals surface area contributed by atoms with Crippen LogP contribution in [-0.4, -0.2) is 21.6 Å². The van der Waals surface area contributed by atoms with E-state index in [1.54, 1.807) is 6.20 Å². The predicted octanol–water partition coefficient (Wildman–Crippen LogP) is 2.46. The number of aromatic nitrogens is 3. The first-order chi connectivity index (χ1) is 7.34. The predicted molar refractivity (Wildman–Crippen MR) is 56.8 cm³/mol. The van der Waals surface area contributed by atoms with E-state index in [1.807, 2.05) is 6.07 Å². The minimum Gasteiger partial charge on any atom is -0.370 e. The van der Waals surface area contributed by atoms with Crippen molar-refractivity contribution in [2.24, 2.45) is 0 Å². The highest BCUT2D eigenvalue weighted by atomic mass is 35.5. The van der Waals surface area contributed by atoms with Crippen molar-refractivity contribution in [3.05, 3.63) is 23.2 Å². The molecule has 1 fully saturated rings. The van der Waals surface area contributed by atoms with E-state index in [0.29, 0.717) is 5.15 Å². The number of rotatable bonds is 1. The third-order valence-electron chi connectivity index (χ3n) is 2.61. The van der Waals surface area contributed by atoms with Gasteiger partial charge < -0.3 is 9.72 Å². The maximum Gasteiger partial charge on any atom is 0.156 e. The van der Waals surface area contributed by atoms with Crippen molar-refractivity contribution in [2.75, 3.05) is 6.61 Å². The summed E-state index contributed by atoms with van der Waals surface area (Å²) >= 11 is 5.94. The number of nitrogens with one attached hydrogen (secondary N) is 1. The summed E-state index contributed by atoms with van der Waals surface area (Å²) in [7, 11) is 0. The molecule has 3 rings (SSSR count). The van der Waals surface area contributed by atoms with Crippen LogP contribution in [0.5, 0.6) is 0 Å². The molecule has 15 heavy (non-hydrogen) atoms. The number of hydrogen-bond donors (Lipinski definition) is 1. The number of H-pyrrole nitrogens is 1. The molecule has 1 N–H and O–H groups in total. The molecule has 78 valence electrons. The van der Waals surface area contributed by atoms with Crippen LogP contribution in [0.25, 0.3) is 11.0 Å². The Balaban J connectivity index is 2.09. The lowest BCUT2D eigenvalue weighted by Crippen LogP contribution is -1.97. The minimum atomic E-state index is 0.0912. The SMILES string of the molecule is Clc1nccc2[nH]c(C3CCCO3)nc12. The highest BCUT2D eigenvalue weighted by Gasteiger charge is 2.21. The summed E-state index contributed by atoms with van der Waals surface area (Å²) in [6.07, 6.45) is 3.87. The van der Waals surface area contributed by atoms with Crippen molar-refractivity contribution in [3.63, 3.8) is 0 Å².